The van der Waals surface area contributed by atoms with Gasteiger partial charge in [0, 0.05) is 30.2 Å². The van der Waals surface area contributed by atoms with Gasteiger partial charge < -0.3 is 19.2 Å². The van der Waals surface area contributed by atoms with Gasteiger partial charge in [-0.2, -0.15) is 0 Å². The molecule has 0 aliphatic heterocycles. The number of carboxylic acid groups (broad SMARTS) is 1. The molecule has 0 saturated carbocycles. The van der Waals surface area contributed by atoms with Crippen LogP contribution in [0.25, 0.3) is 11.0 Å². The van der Waals surface area contributed by atoms with E-state index in [0.29, 0.717) is 11.0 Å². The third kappa shape index (κ3) is 3.47. The van der Waals surface area contributed by atoms with Crippen LogP contribution in [0.2, 0.25) is 0 Å². The Morgan fingerprint density at radius 1 is 1.26 bits per heavy atom. The molecule has 0 spiro atoms. The van der Waals surface area contributed by atoms with Crippen molar-refractivity contribution in [2.75, 3.05) is 18.0 Å². The van der Waals surface area contributed by atoms with Gasteiger partial charge in [0.05, 0.1) is 0 Å². The first-order valence-corrected chi connectivity index (χ1v) is 7.53. The Hall–Kier alpha value is -2.50. The average molecular weight is 319 g/mol. The van der Waals surface area contributed by atoms with Gasteiger partial charge in [0.2, 0.25) is 5.75 Å². The zero-order valence-corrected chi connectivity index (χ0v) is 13.8. The second-order valence-corrected chi connectivity index (χ2v) is 5.71. The molecule has 1 aromatic heterocycles. The number of carboxylic acids is 1. The number of rotatable bonds is 6. The second kappa shape index (κ2) is 6.32. The van der Waals surface area contributed by atoms with E-state index >= 15 is 0 Å². The van der Waals surface area contributed by atoms with E-state index < -0.39 is 17.2 Å². The van der Waals surface area contributed by atoms with E-state index in [1.54, 1.807) is 6.07 Å². The summed E-state index contributed by atoms with van der Waals surface area (Å²) in [4.78, 5) is 25.3. The fraction of sp³-hybridized carbons (Fsp3) is 0.412. The minimum atomic E-state index is -1.51. The zero-order chi connectivity index (χ0) is 17.2. The fourth-order valence-corrected chi connectivity index (χ4v) is 2.26. The van der Waals surface area contributed by atoms with Gasteiger partial charge in [-0.1, -0.05) is 0 Å². The standard InChI is InChI=1S/C17H21NO5/c1-5-18(6-2)12-8-7-11-9-14(15(19)22-13(11)10-12)23-17(3,4)16(20)21/h7-10H,5-6H2,1-4H3,(H,20,21). The predicted octanol–water partition coefficient (Wildman–Crippen LogP) is 2.88. The van der Waals surface area contributed by atoms with Gasteiger partial charge >= 0.3 is 11.6 Å². The molecule has 0 aliphatic carbocycles. The summed E-state index contributed by atoms with van der Waals surface area (Å²) in [6.07, 6.45) is 0. The Morgan fingerprint density at radius 2 is 1.91 bits per heavy atom. The predicted molar refractivity (Wildman–Crippen MR) is 88.4 cm³/mol. The monoisotopic (exact) mass is 319 g/mol. The molecule has 0 atom stereocenters. The van der Waals surface area contributed by atoms with Gasteiger partial charge in [-0.15, -0.1) is 0 Å². The summed E-state index contributed by atoms with van der Waals surface area (Å²) in [7, 11) is 0. The van der Waals surface area contributed by atoms with Crippen LogP contribution in [0.5, 0.6) is 5.75 Å². The molecule has 0 unspecified atom stereocenters. The first-order valence-electron chi connectivity index (χ1n) is 7.53. The van der Waals surface area contributed by atoms with Gasteiger partial charge in [-0.25, -0.2) is 9.59 Å². The highest BCUT2D eigenvalue weighted by atomic mass is 16.5. The molecule has 0 saturated heterocycles. The molecule has 6 nitrogen and oxygen atoms in total. The van der Waals surface area contributed by atoms with Crippen molar-refractivity contribution in [2.24, 2.45) is 0 Å². The molecule has 0 amide bonds. The Morgan fingerprint density at radius 3 is 2.48 bits per heavy atom. The van der Waals surface area contributed by atoms with Gasteiger partial charge in [-0.05, 0) is 45.9 Å². The van der Waals surface area contributed by atoms with Gasteiger partial charge in [0.25, 0.3) is 0 Å². The summed E-state index contributed by atoms with van der Waals surface area (Å²) in [6, 6.07) is 7.07. The second-order valence-electron chi connectivity index (χ2n) is 5.71. The van der Waals surface area contributed by atoms with E-state index in [0.717, 1.165) is 18.8 Å². The van der Waals surface area contributed by atoms with Crippen molar-refractivity contribution in [1.29, 1.82) is 0 Å². The molecule has 2 rings (SSSR count). The van der Waals surface area contributed by atoms with Crippen molar-refractivity contribution < 1.29 is 19.1 Å². The first kappa shape index (κ1) is 16.9. The van der Waals surface area contributed by atoms with Crippen LogP contribution in [0.4, 0.5) is 5.69 Å². The van der Waals surface area contributed by atoms with E-state index in [9.17, 15) is 9.59 Å². The molecule has 0 fully saturated rings. The number of aliphatic carboxylic acids is 1. The molecule has 124 valence electrons. The number of benzene rings is 1. The molecule has 0 bridgehead atoms. The third-order valence-electron chi connectivity index (χ3n) is 3.70. The van der Waals surface area contributed by atoms with E-state index in [2.05, 4.69) is 18.7 Å². The maximum absolute atomic E-state index is 12.1. The number of hydrogen-bond acceptors (Lipinski definition) is 5. The number of nitrogens with zero attached hydrogens (tertiary/aromatic N) is 1. The van der Waals surface area contributed by atoms with Gasteiger partial charge in [0.1, 0.15) is 5.58 Å². The first-order chi connectivity index (χ1) is 10.8. The van der Waals surface area contributed by atoms with Crippen molar-refractivity contribution in [3.05, 3.63) is 34.7 Å². The minimum absolute atomic E-state index is 0.111. The van der Waals surface area contributed by atoms with Gasteiger partial charge in [-0.3, -0.25) is 0 Å². The molecular formula is C17H21NO5. The molecule has 23 heavy (non-hydrogen) atoms. The quantitative estimate of drug-likeness (QED) is 0.825. The molecule has 0 aliphatic rings. The molecule has 0 radical (unpaired) electrons. The number of carbonyl (C=O) groups is 1. The molecule has 1 aromatic carbocycles. The Balaban J connectivity index is 2.45. The maximum atomic E-state index is 12.1. The van der Waals surface area contributed by atoms with Crippen LogP contribution in [0.3, 0.4) is 0 Å². The van der Waals surface area contributed by atoms with Crippen molar-refractivity contribution in [1.82, 2.24) is 0 Å². The molecule has 1 heterocycles. The lowest BCUT2D eigenvalue weighted by atomic mass is 10.1. The van der Waals surface area contributed by atoms with Crippen LogP contribution in [-0.2, 0) is 4.79 Å². The van der Waals surface area contributed by atoms with Crippen LogP contribution in [0.15, 0.2) is 33.5 Å². The van der Waals surface area contributed by atoms with Gasteiger partial charge in [0.15, 0.2) is 5.60 Å². The summed E-state index contributed by atoms with van der Waals surface area (Å²) in [5.74, 6) is -1.27. The highest BCUT2D eigenvalue weighted by Gasteiger charge is 2.30. The largest absolute Gasteiger partial charge is 0.478 e. The number of ether oxygens (including phenoxy) is 1. The van der Waals surface area contributed by atoms with Crippen molar-refractivity contribution in [2.45, 2.75) is 33.3 Å². The normalized spacial score (nSPS) is 11.5. The minimum Gasteiger partial charge on any atom is -0.478 e. The lowest BCUT2D eigenvalue weighted by Gasteiger charge is -2.22. The zero-order valence-electron chi connectivity index (χ0n) is 13.8. The number of fused-ring (bicyclic) bond motifs is 1. The Kier molecular flexibility index (Phi) is 4.63. The number of hydrogen-bond donors (Lipinski definition) is 1. The maximum Gasteiger partial charge on any atom is 0.379 e. The SMILES string of the molecule is CCN(CC)c1ccc2cc(OC(C)(C)C(=O)O)c(=O)oc2c1. The van der Waals surface area contributed by atoms with Crippen LogP contribution in [0.1, 0.15) is 27.7 Å². The van der Waals surface area contributed by atoms with Crippen LogP contribution in [0, 0.1) is 0 Å². The fourth-order valence-electron chi connectivity index (χ4n) is 2.26. The van der Waals surface area contributed by atoms with Crippen molar-refractivity contribution in [3.63, 3.8) is 0 Å². The van der Waals surface area contributed by atoms with Crippen LogP contribution >= 0.6 is 0 Å². The summed E-state index contributed by atoms with van der Waals surface area (Å²) in [5.41, 5.74) is -0.794. The van der Waals surface area contributed by atoms with E-state index in [-0.39, 0.29) is 5.75 Å². The summed E-state index contributed by atoms with van der Waals surface area (Å²) < 4.78 is 10.6. The molecular weight excluding hydrogens is 298 g/mol. The van der Waals surface area contributed by atoms with E-state index in [4.69, 9.17) is 14.3 Å². The van der Waals surface area contributed by atoms with Crippen LogP contribution < -0.4 is 15.3 Å². The van der Waals surface area contributed by atoms with Crippen molar-refractivity contribution in [3.8, 4) is 5.75 Å². The Bertz CT molecular complexity index is 774. The highest BCUT2D eigenvalue weighted by molar-refractivity contribution is 5.82. The Labute approximate surface area is 134 Å². The topological polar surface area (TPSA) is 80.0 Å². The smallest absolute Gasteiger partial charge is 0.379 e. The molecule has 1 N–H and O–H groups in total. The van der Waals surface area contributed by atoms with E-state index in [1.165, 1.54) is 19.9 Å². The summed E-state index contributed by atoms with van der Waals surface area (Å²) in [6.45, 7) is 8.55. The lowest BCUT2D eigenvalue weighted by molar-refractivity contribution is -0.152. The van der Waals surface area contributed by atoms with Crippen molar-refractivity contribution >= 4 is 22.6 Å². The summed E-state index contributed by atoms with van der Waals surface area (Å²) in [5, 5.41) is 9.77. The third-order valence-corrected chi connectivity index (χ3v) is 3.70. The average Bonchev–Trinajstić information content (AvgIpc) is 2.49. The highest BCUT2D eigenvalue weighted by Crippen LogP contribution is 2.25. The van der Waals surface area contributed by atoms with Crippen LogP contribution in [-0.4, -0.2) is 29.8 Å². The number of anilines is 1. The molecule has 2 aromatic rings. The van der Waals surface area contributed by atoms with E-state index in [1.807, 2.05) is 12.1 Å². The lowest BCUT2D eigenvalue weighted by Crippen LogP contribution is -2.39. The summed E-state index contributed by atoms with van der Waals surface area (Å²) >= 11 is 0. The molecule has 6 heteroatoms.